The number of halogens is 1. The maximum absolute atomic E-state index is 12.0. The van der Waals surface area contributed by atoms with Crippen molar-refractivity contribution in [1.29, 1.82) is 0 Å². The van der Waals surface area contributed by atoms with Crippen molar-refractivity contribution in [3.05, 3.63) is 0 Å². The highest BCUT2D eigenvalue weighted by Gasteiger charge is 2.24. The summed E-state index contributed by atoms with van der Waals surface area (Å²) in [5, 5.41) is 0. The molecule has 17 heavy (non-hydrogen) atoms. The molecular formula is C13H27ClN2O. The molecule has 3 nitrogen and oxygen atoms in total. The molecule has 0 aromatic rings. The monoisotopic (exact) mass is 262 g/mol. The van der Waals surface area contributed by atoms with Crippen LogP contribution in [0.2, 0.25) is 0 Å². The standard InChI is InChI=1S/C13H26N2O.ClH/c1-4-12(14)13(16)15-8-5-6-11(7-9-15)10(2)3;/h10-12H,4-9,14H2,1-3H3;1H/t11?,12-;/m0./s1. The molecule has 1 amide bonds. The number of hydrogen-bond acceptors (Lipinski definition) is 2. The number of likely N-dealkylation sites (tertiary alicyclic amines) is 1. The van der Waals surface area contributed by atoms with Gasteiger partial charge in [0.05, 0.1) is 6.04 Å². The Balaban J connectivity index is 0.00000256. The second kappa shape index (κ2) is 7.93. The zero-order chi connectivity index (χ0) is 12.1. The zero-order valence-electron chi connectivity index (χ0n) is 11.3. The highest BCUT2D eigenvalue weighted by atomic mass is 35.5. The molecule has 1 fully saturated rings. The van der Waals surface area contributed by atoms with Crippen LogP contribution < -0.4 is 5.73 Å². The lowest BCUT2D eigenvalue weighted by molar-refractivity contribution is -0.132. The Morgan fingerprint density at radius 2 is 2.00 bits per heavy atom. The molecule has 1 aliphatic heterocycles. The number of amides is 1. The molecular weight excluding hydrogens is 236 g/mol. The van der Waals surface area contributed by atoms with Gasteiger partial charge in [0.1, 0.15) is 0 Å². The van der Waals surface area contributed by atoms with Crippen molar-refractivity contribution >= 4 is 18.3 Å². The average molecular weight is 263 g/mol. The summed E-state index contributed by atoms with van der Waals surface area (Å²) in [4.78, 5) is 13.9. The summed E-state index contributed by atoms with van der Waals surface area (Å²) < 4.78 is 0. The first kappa shape index (κ1) is 16.7. The van der Waals surface area contributed by atoms with Crippen LogP contribution in [0.5, 0.6) is 0 Å². The van der Waals surface area contributed by atoms with E-state index in [-0.39, 0.29) is 24.4 Å². The number of rotatable bonds is 3. The molecule has 1 heterocycles. The van der Waals surface area contributed by atoms with Gasteiger partial charge in [-0.1, -0.05) is 20.8 Å². The second-order valence-corrected chi connectivity index (χ2v) is 5.28. The van der Waals surface area contributed by atoms with Crippen LogP contribution in [0, 0.1) is 11.8 Å². The van der Waals surface area contributed by atoms with E-state index in [4.69, 9.17) is 5.73 Å². The summed E-state index contributed by atoms with van der Waals surface area (Å²) in [6, 6.07) is -0.296. The van der Waals surface area contributed by atoms with Crippen molar-refractivity contribution < 1.29 is 4.79 Å². The Labute approximate surface area is 112 Å². The van der Waals surface area contributed by atoms with Gasteiger partial charge in [0.25, 0.3) is 0 Å². The van der Waals surface area contributed by atoms with Gasteiger partial charge in [-0.05, 0) is 37.5 Å². The van der Waals surface area contributed by atoms with Crippen LogP contribution in [0.25, 0.3) is 0 Å². The molecule has 1 aliphatic rings. The third kappa shape index (κ3) is 4.84. The molecule has 0 radical (unpaired) electrons. The average Bonchev–Trinajstić information content (AvgIpc) is 2.52. The molecule has 2 N–H and O–H groups in total. The zero-order valence-corrected chi connectivity index (χ0v) is 12.1. The molecule has 0 bridgehead atoms. The summed E-state index contributed by atoms with van der Waals surface area (Å²) in [6.07, 6.45) is 4.26. The first-order chi connectivity index (χ1) is 7.56. The molecule has 0 saturated carbocycles. The van der Waals surface area contributed by atoms with E-state index in [1.165, 1.54) is 6.42 Å². The van der Waals surface area contributed by atoms with Crippen LogP contribution in [-0.4, -0.2) is 29.9 Å². The van der Waals surface area contributed by atoms with Gasteiger partial charge in [0.15, 0.2) is 0 Å². The fraction of sp³-hybridized carbons (Fsp3) is 0.923. The van der Waals surface area contributed by atoms with Gasteiger partial charge >= 0.3 is 0 Å². The summed E-state index contributed by atoms with van der Waals surface area (Å²) in [5.74, 6) is 1.65. The van der Waals surface area contributed by atoms with E-state index >= 15 is 0 Å². The lowest BCUT2D eigenvalue weighted by atomic mass is 9.89. The van der Waals surface area contributed by atoms with Gasteiger partial charge in [-0.25, -0.2) is 0 Å². The Kier molecular flexibility index (Phi) is 7.80. The quantitative estimate of drug-likeness (QED) is 0.849. The van der Waals surface area contributed by atoms with Crippen molar-refractivity contribution in [3.8, 4) is 0 Å². The van der Waals surface area contributed by atoms with Crippen LogP contribution >= 0.6 is 12.4 Å². The lowest BCUT2D eigenvalue weighted by Gasteiger charge is -2.24. The number of carbonyl (C=O) groups is 1. The number of nitrogens with two attached hydrogens (primary N) is 1. The Morgan fingerprint density at radius 1 is 1.35 bits per heavy atom. The van der Waals surface area contributed by atoms with Crippen molar-refractivity contribution in [1.82, 2.24) is 4.90 Å². The molecule has 0 spiro atoms. The molecule has 102 valence electrons. The van der Waals surface area contributed by atoms with Gasteiger partial charge in [0, 0.05) is 13.1 Å². The van der Waals surface area contributed by atoms with Gasteiger partial charge in [0.2, 0.25) is 5.91 Å². The van der Waals surface area contributed by atoms with Crippen LogP contribution in [-0.2, 0) is 4.79 Å². The first-order valence-electron chi connectivity index (χ1n) is 6.60. The van der Waals surface area contributed by atoms with E-state index in [9.17, 15) is 4.79 Å². The summed E-state index contributed by atoms with van der Waals surface area (Å²) in [5.41, 5.74) is 5.80. The van der Waals surface area contributed by atoms with Gasteiger partial charge in [-0.15, -0.1) is 12.4 Å². The molecule has 1 unspecified atom stereocenters. The van der Waals surface area contributed by atoms with E-state index in [1.54, 1.807) is 0 Å². The minimum absolute atomic E-state index is 0. The molecule has 4 heteroatoms. The fourth-order valence-corrected chi connectivity index (χ4v) is 2.42. The Hall–Kier alpha value is -0.280. The van der Waals surface area contributed by atoms with Crippen molar-refractivity contribution in [2.45, 2.75) is 52.5 Å². The SMILES string of the molecule is CC[C@H](N)C(=O)N1CCCC(C(C)C)CC1.Cl. The first-order valence-corrected chi connectivity index (χ1v) is 6.60. The fourth-order valence-electron chi connectivity index (χ4n) is 2.42. The largest absolute Gasteiger partial charge is 0.341 e. The highest BCUT2D eigenvalue weighted by Crippen LogP contribution is 2.24. The number of carbonyl (C=O) groups excluding carboxylic acids is 1. The molecule has 0 aromatic heterocycles. The molecule has 1 rings (SSSR count). The Bertz CT molecular complexity index is 233. The van der Waals surface area contributed by atoms with Gasteiger partial charge in [-0.3, -0.25) is 4.79 Å². The van der Waals surface area contributed by atoms with Crippen LogP contribution in [0.1, 0.15) is 46.5 Å². The summed E-state index contributed by atoms with van der Waals surface area (Å²) in [6.45, 7) is 8.32. The van der Waals surface area contributed by atoms with Crippen molar-refractivity contribution in [2.24, 2.45) is 17.6 Å². The lowest BCUT2D eigenvalue weighted by Crippen LogP contribution is -2.43. The number of nitrogens with zero attached hydrogens (tertiary/aromatic N) is 1. The third-order valence-electron chi connectivity index (χ3n) is 3.78. The van der Waals surface area contributed by atoms with E-state index < -0.39 is 0 Å². The normalized spacial score (nSPS) is 22.9. The smallest absolute Gasteiger partial charge is 0.239 e. The van der Waals surface area contributed by atoms with Gasteiger partial charge in [-0.2, -0.15) is 0 Å². The van der Waals surface area contributed by atoms with Gasteiger partial charge < -0.3 is 10.6 Å². The second-order valence-electron chi connectivity index (χ2n) is 5.28. The molecule has 2 atom stereocenters. The maximum Gasteiger partial charge on any atom is 0.239 e. The van der Waals surface area contributed by atoms with Crippen molar-refractivity contribution in [2.75, 3.05) is 13.1 Å². The van der Waals surface area contributed by atoms with Crippen molar-refractivity contribution in [3.63, 3.8) is 0 Å². The third-order valence-corrected chi connectivity index (χ3v) is 3.78. The summed E-state index contributed by atoms with van der Waals surface area (Å²) >= 11 is 0. The van der Waals surface area contributed by atoms with E-state index in [1.807, 2.05) is 11.8 Å². The van der Waals surface area contributed by atoms with E-state index in [0.29, 0.717) is 0 Å². The maximum atomic E-state index is 12.0. The molecule has 0 aliphatic carbocycles. The minimum Gasteiger partial charge on any atom is -0.341 e. The predicted molar refractivity (Wildman–Crippen MR) is 74.3 cm³/mol. The van der Waals surface area contributed by atoms with E-state index in [2.05, 4.69) is 13.8 Å². The highest BCUT2D eigenvalue weighted by molar-refractivity contribution is 5.85. The minimum atomic E-state index is -0.296. The van der Waals surface area contributed by atoms with Crippen LogP contribution in [0.3, 0.4) is 0 Å². The van der Waals surface area contributed by atoms with Crippen LogP contribution in [0.4, 0.5) is 0 Å². The molecule has 1 saturated heterocycles. The Morgan fingerprint density at radius 3 is 2.53 bits per heavy atom. The van der Waals surface area contributed by atoms with Crippen LogP contribution in [0.15, 0.2) is 0 Å². The van der Waals surface area contributed by atoms with E-state index in [0.717, 1.165) is 44.2 Å². The summed E-state index contributed by atoms with van der Waals surface area (Å²) in [7, 11) is 0. The number of hydrogen-bond donors (Lipinski definition) is 1. The predicted octanol–water partition coefficient (Wildman–Crippen LogP) is 2.43. The topological polar surface area (TPSA) is 46.3 Å². The molecule has 0 aromatic carbocycles.